The molecule has 1 fully saturated rings. The largest absolute Gasteiger partial charge is 0.481 e. The molecular formula is C11H17NO2. The summed E-state index contributed by atoms with van der Waals surface area (Å²) in [5.74, 6) is 1.72. The number of terminal acetylenes is 1. The zero-order chi connectivity index (χ0) is 10.6. The standard InChI is InChI=1S/C11H17NO2/c1-3-5-8(4-2)12-10-7-6-9(10)11(13)14/h2,8-10,12H,3,5-7H2,1H3,(H,13,14). The van der Waals surface area contributed by atoms with E-state index in [-0.39, 0.29) is 18.0 Å². The van der Waals surface area contributed by atoms with Gasteiger partial charge in [0.25, 0.3) is 0 Å². The summed E-state index contributed by atoms with van der Waals surface area (Å²) in [4.78, 5) is 10.7. The second-order valence-corrected chi connectivity index (χ2v) is 3.80. The lowest BCUT2D eigenvalue weighted by Crippen LogP contribution is -2.51. The van der Waals surface area contributed by atoms with Crippen LogP contribution in [-0.2, 0) is 4.79 Å². The lowest BCUT2D eigenvalue weighted by Gasteiger charge is -2.35. The molecule has 0 spiro atoms. The van der Waals surface area contributed by atoms with Crippen LogP contribution >= 0.6 is 0 Å². The molecule has 0 bridgehead atoms. The molecular weight excluding hydrogens is 178 g/mol. The molecule has 1 saturated carbocycles. The third kappa shape index (κ3) is 2.49. The van der Waals surface area contributed by atoms with Crippen molar-refractivity contribution in [1.82, 2.24) is 5.32 Å². The average Bonchev–Trinajstić information content (AvgIpc) is 2.09. The Bertz CT molecular complexity index is 244. The Morgan fingerprint density at radius 2 is 2.43 bits per heavy atom. The summed E-state index contributed by atoms with van der Waals surface area (Å²) in [6, 6.07) is 0.118. The lowest BCUT2D eigenvalue weighted by molar-refractivity contribution is -0.146. The smallest absolute Gasteiger partial charge is 0.308 e. The molecule has 0 aromatic carbocycles. The molecule has 1 rings (SSSR count). The maximum atomic E-state index is 10.7. The van der Waals surface area contributed by atoms with E-state index in [2.05, 4.69) is 18.2 Å². The Hall–Kier alpha value is -1.01. The Labute approximate surface area is 84.9 Å². The Morgan fingerprint density at radius 3 is 2.79 bits per heavy atom. The van der Waals surface area contributed by atoms with Crippen LogP contribution in [0.15, 0.2) is 0 Å². The minimum Gasteiger partial charge on any atom is -0.481 e. The molecule has 3 nitrogen and oxygen atoms in total. The van der Waals surface area contributed by atoms with Gasteiger partial charge < -0.3 is 10.4 Å². The summed E-state index contributed by atoms with van der Waals surface area (Å²) in [5.41, 5.74) is 0. The number of hydrogen-bond donors (Lipinski definition) is 2. The van der Waals surface area contributed by atoms with Crippen LogP contribution in [0.4, 0.5) is 0 Å². The van der Waals surface area contributed by atoms with Gasteiger partial charge in [-0.25, -0.2) is 0 Å². The first kappa shape index (κ1) is 11.1. The van der Waals surface area contributed by atoms with E-state index in [4.69, 9.17) is 11.5 Å². The molecule has 2 N–H and O–H groups in total. The molecule has 0 amide bonds. The summed E-state index contributed by atoms with van der Waals surface area (Å²) < 4.78 is 0. The zero-order valence-electron chi connectivity index (χ0n) is 8.49. The van der Waals surface area contributed by atoms with Crippen molar-refractivity contribution in [1.29, 1.82) is 0 Å². The van der Waals surface area contributed by atoms with Gasteiger partial charge in [-0.05, 0) is 19.3 Å². The topological polar surface area (TPSA) is 49.3 Å². The van der Waals surface area contributed by atoms with Crippen LogP contribution in [0.3, 0.4) is 0 Å². The molecule has 0 heterocycles. The maximum Gasteiger partial charge on any atom is 0.308 e. The van der Waals surface area contributed by atoms with Gasteiger partial charge in [-0.15, -0.1) is 6.42 Å². The number of carboxylic acid groups (broad SMARTS) is 1. The number of hydrogen-bond acceptors (Lipinski definition) is 2. The first-order valence-corrected chi connectivity index (χ1v) is 5.14. The minimum atomic E-state index is -0.707. The van der Waals surface area contributed by atoms with E-state index in [0.29, 0.717) is 0 Å². The Morgan fingerprint density at radius 1 is 1.71 bits per heavy atom. The van der Waals surface area contributed by atoms with Crippen molar-refractivity contribution in [2.45, 2.75) is 44.7 Å². The lowest BCUT2D eigenvalue weighted by atomic mass is 9.79. The number of nitrogens with one attached hydrogen (secondary N) is 1. The fourth-order valence-electron chi connectivity index (χ4n) is 1.76. The van der Waals surface area contributed by atoms with Gasteiger partial charge in [0.05, 0.1) is 12.0 Å². The first-order chi connectivity index (χ1) is 6.69. The third-order valence-corrected chi connectivity index (χ3v) is 2.79. The maximum absolute atomic E-state index is 10.7. The van der Waals surface area contributed by atoms with Crippen LogP contribution in [0.25, 0.3) is 0 Å². The van der Waals surface area contributed by atoms with Gasteiger partial charge in [0.15, 0.2) is 0 Å². The molecule has 3 unspecified atom stereocenters. The van der Waals surface area contributed by atoms with Gasteiger partial charge in [-0.1, -0.05) is 19.3 Å². The summed E-state index contributed by atoms with van der Waals surface area (Å²) in [6.45, 7) is 2.07. The summed E-state index contributed by atoms with van der Waals surface area (Å²) in [6.07, 6.45) is 8.99. The summed E-state index contributed by atoms with van der Waals surface area (Å²) >= 11 is 0. The second-order valence-electron chi connectivity index (χ2n) is 3.80. The van der Waals surface area contributed by atoms with Crippen LogP contribution in [-0.4, -0.2) is 23.2 Å². The molecule has 0 aromatic rings. The molecule has 1 aliphatic carbocycles. The van der Waals surface area contributed by atoms with Crippen molar-refractivity contribution < 1.29 is 9.90 Å². The second kappa shape index (κ2) is 5.02. The van der Waals surface area contributed by atoms with Crippen molar-refractivity contribution >= 4 is 5.97 Å². The van der Waals surface area contributed by atoms with Crippen molar-refractivity contribution in [3.63, 3.8) is 0 Å². The molecule has 14 heavy (non-hydrogen) atoms. The molecule has 0 aromatic heterocycles. The van der Waals surface area contributed by atoms with Gasteiger partial charge in [-0.2, -0.15) is 0 Å². The average molecular weight is 195 g/mol. The van der Waals surface area contributed by atoms with Crippen LogP contribution in [0.1, 0.15) is 32.6 Å². The van der Waals surface area contributed by atoms with Gasteiger partial charge in [0.2, 0.25) is 0 Å². The van der Waals surface area contributed by atoms with E-state index < -0.39 is 5.97 Å². The van der Waals surface area contributed by atoms with Crippen LogP contribution in [0.5, 0.6) is 0 Å². The van der Waals surface area contributed by atoms with Crippen molar-refractivity contribution in [2.75, 3.05) is 0 Å². The van der Waals surface area contributed by atoms with E-state index in [0.717, 1.165) is 25.7 Å². The van der Waals surface area contributed by atoms with Crippen LogP contribution < -0.4 is 5.32 Å². The number of aliphatic carboxylic acids is 1. The molecule has 0 saturated heterocycles. The molecule has 78 valence electrons. The van der Waals surface area contributed by atoms with Crippen LogP contribution in [0.2, 0.25) is 0 Å². The number of rotatable bonds is 5. The fraction of sp³-hybridized carbons (Fsp3) is 0.727. The van der Waals surface area contributed by atoms with Crippen molar-refractivity contribution in [3.8, 4) is 12.3 Å². The predicted octanol–water partition coefficient (Wildman–Crippen LogP) is 1.24. The highest BCUT2D eigenvalue weighted by Gasteiger charge is 2.37. The van der Waals surface area contributed by atoms with E-state index in [9.17, 15) is 4.79 Å². The molecule has 0 aliphatic heterocycles. The fourth-order valence-corrected chi connectivity index (χ4v) is 1.76. The van der Waals surface area contributed by atoms with Crippen molar-refractivity contribution in [3.05, 3.63) is 0 Å². The monoisotopic (exact) mass is 195 g/mol. The van der Waals surface area contributed by atoms with Gasteiger partial charge in [-0.3, -0.25) is 4.79 Å². The van der Waals surface area contributed by atoms with E-state index in [1.54, 1.807) is 0 Å². The normalized spacial score (nSPS) is 27.4. The minimum absolute atomic E-state index is 0.0344. The highest BCUT2D eigenvalue weighted by atomic mass is 16.4. The number of carbonyl (C=O) groups is 1. The van der Waals surface area contributed by atoms with E-state index in [1.807, 2.05) is 0 Å². The highest BCUT2D eigenvalue weighted by molar-refractivity contribution is 5.72. The SMILES string of the molecule is C#CC(CCC)NC1CCC1C(=O)O. The molecule has 3 atom stereocenters. The van der Waals surface area contributed by atoms with Gasteiger partial charge >= 0.3 is 5.97 Å². The van der Waals surface area contributed by atoms with Gasteiger partial charge in [0, 0.05) is 6.04 Å². The summed E-state index contributed by atoms with van der Waals surface area (Å²) in [5, 5.41) is 12.0. The molecule has 0 radical (unpaired) electrons. The van der Waals surface area contributed by atoms with Crippen molar-refractivity contribution in [2.24, 2.45) is 5.92 Å². The third-order valence-electron chi connectivity index (χ3n) is 2.79. The predicted molar refractivity (Wildman–Crippen MR) is 54.8 cm³/mol. The first-order valence-electron chi connectivity index (χ1n) is 5.14. The van der Waals surface area contributed by atoms with Crippen LogP contribution in [0, 0.1) is 18.3 Å². The molecule has 3 heteroatoms. The summed E-state index contributed by atoms with van der Waals surface area (Å²) in [7, 11) is 0. The Balaban J connectivity index is 2.37. The number of carboxylic acids is 1. The zero-order valence-corrected chi connectivity index (χ0v) is 8.49. The van der Waals surface area contributed by atoms with E-state index >= 15 is 0 Å². The van der Waals surface area contributed by atoms with E-state index in [1.165, 1.54) is 0 Å². The highest BCUT2D eigenvalue weighted by Crippen LogP contribution is 2.28. The van der Waals surface area contributed by atoms with Gasteiger partial charge in [0.1, 0.15) is 0 Å². The molecule has 1 aliphatic rings. The quantitative estimate of drug-likeness (QED) is 0.649. The Kier molecular flexibility index (Phi) is 3.97.